The van der Waals surface area contributed by atoms with Gasteiger partial charge in [-0.25, -0.2) is 4.98 Å². The number of methoxy groups -OCH3 is 1. The number of aromatic nitrogens is 1. The highest BCUT2D eigenvalue weighted by molar-refractivity contribution is 7.09. The zero-order chi connectivity index (χ0) is 12.7. The van der Waals surface area contributed by atoms with Gasteiger partial charge in [0.1, 0.15) is 10.8 Å². The molecule has 19 heavy (non-hydrogen) atoms. The van der Waals surface area contributed by atoms with E-state index in [0.717, 1.165) is 29.1 Å². The van der Waals surface area contributed by atoms with E-state index in [-0.39, 0.29) is 24.8 Å². The normalized spacial score (nSPS) is 8.42. The Morgan fingerprint density at radius 1 is 1.26 bits per heavy atom. The van der Waals surface area contributed by atoms with Crippen LogP contribution in [0.4, 0.5) is 0 Å². The lowest BCUT2D eigenvalue weighted by Gasteiger charge is -2.04. The summed E-state index contributed by atoms with van der Waals surface area (Å²) in [7, 11) is 2.66. The van der Waals surface area contributed by atoms with E-state index in [1.165, 1.54) is 0 Å². The van der Waals surface area contributed by atoms with Crippen molar-refractivity contribution in [3.05, 3.63) is 34.7 Å². The fraction of sp³-hybridized carbons (Fsp3) is 0.250. The van der Waals surface area contributed by atoms with E-state index in [1.807, 2.05) is 29.6 Å². The van der Waals surface area contributed by atoms with Gasteiger partial charge in [0, 0.05) is 24.6 Å². The monoisotopic (exact) mass is 324 g/mol. The molecule has 4 nitrogen and oxygen atoms in total. The predicted molar refractivity (Wildman–Crippen MR) is 84.6 cm³/mol. The Hall–Kier alpha value is -0.850. The zero-order valence-corrected chi connectivity index (χ0v) is 13.1. The summed E-state index contributed by atoms with van der Waals surface area (Å²) in [4.78, 5) is 4.42. The number of aliphatic hydroxyl groups excluding tert-OH is 1. The van der Waals surface area contributed by atoms with Crippen molar-refractivity contribution in [2.45, 2.75) is 6.54 Å². The molecular formula is C12H18Cl2N2O2S. The molecule has 1 aromatic heterocycles. The van der Waals surface area contributed by atoms with Crippen LogP contribution in [0.15, 0.2) is 29.6 Å². The molecule has 0 radical (unpaired) electrons. The summed E-state index contributed by atoms with van der Waals surface area (Å²) in [5.41, 5.74) is 7.47. The molecule has 0 aliphatic rings. The number of benzene rings is 1. The number of nitrogens with two attached hydrogens (primary N) is 1. The first-order valence-electron chi connectivity index (χ1n) is 5.07. The van der Waals surface area contributed by atoms with Crippen LogP contribution in [0.1, 0.15) is 5.01 Å². The third kappa shape index (κ3) is 5.34. The van der Waals surface area contributed by atoms with Crippen LogP contribution in [0.2, 0.25) is 0 Å². The lowest BCUT2D eigenvalue weighted by molar-refractivity contribution is 0.399. The van der Waals surface area contributed by atoms with E-state index < -0.39 is 0 Å². The fourth-order valence-corrected chi connectivity index (χ4v) is 2.06. The topological polar surface area (TPSA) is 68.4 Å². The molecule has 0 bridgehead atoms. The molecule has 0 amide bonds. The number of halogens is 2. The largest absolute Gasteiger partial charge is 0.496 e. The Morgan fingerprint density at radius 2 is 1.89 bits per heavy atom. The molecule has 108 valence electrons. The minimum absolute atomic E-state index is 0. The number of aliphatic hydroxyl groups is 1. The number of hydrogen-bond donors (Lipinski definition) is 2. The van der Waals surface area contributed by atoms with Gasteiger partial charge in [0.15, 0.2) is 0 Å². The van der Waals surface area contributed by atoms with E-state index in [2.05, 4.69) is 4.98 Å². The van der Waals surface area contributed by atoms with Crippen molar-refractivity contribution in [2.24, 2.45) is 5.73 Å². The third-order valence-corrected chi connectivity index (χ3v) is 2.98. The fourth-order valence-electron chi connectivity index (χ4n) is 1.38. The van der Waals surface area contributed by atoms with Crippen molar-refractivity contribution in [3.63, 3.8) is 0 Å². The van der Waals surface area contributed by atoms with Crippen LogP contribution in [-0.2, 0) is 6.54 Å². The van der Waals surface area contributed by atoms with E-state index in [1.54, 1.807) is 18.4 Å². The second-order valence-electron chi connectivity index (χ2n) is 3.03. The standard InChI is InChI=1S/C11H12N2OS.CH4O.2ClH/c1-14-10-5-3-2-4-8(10)9-7-15-11(6-12)13-9;1-2;;/h2-5,7H,6,12H2,1H3;2H,1H3;2*1H. The maximum Gasteiger partial charge on any atom is 0.128 e. The van der Waals surface area contributed by atoms with Gasteiger partial charge in [0.25, 0.3) is 0 Å². The molecule has 1 heterocycles. The number of rotatable bonds is 3. The summed E-state index contributed by atoms with van der Waals surface area (Å²) in [5, 5.41) is 9.94. The molecule has 0 spiro atoms. The van der Waals surface area contributed by atoms with Gasteiger partial charge in [-0.3, -0.25) is 0 Å². The summed E-state index contributed by atoms with van der Waals surface area (Å²) >= 11 is 1.57. The second-order valence-corrected chi connectivity index (χ2v) is 3.97. The molecular weight excluding hydrogens is 307 g/mol. The maximum absolute atomic E-state index is 7.00. The van der Waals surface area contributed by atoms with Crippen molar-refractivity contribution >= 4 is 36.2 Å². The molecule has 0 saturated carbocycles. The van der Waals surface area contributed by atoms with Crippen LogP contribution in [0.25, 0.3) is 11.3 Å². The molecule has 1 aromatic carbocycles. The molecule has 0 atom stereocenters. The molecule has 0 aliphatic carbocycles. The Morgan fingerprint density at radius 3 is 2.42 bits per heavy atom. The van der Waals surface area contributed by atoms with Crippen molar-refractivity contribution in [3.8, 4) is 17.0 Å². The third-order valence-electron chi connectivity index (χ3n) is 2.11. The smallest absolute Gasteiger partial charge is 0.128 e. The van der Waals surface area contributed by atoms with Crippen LogP contribution in [0.3, 0.4) is 0 Å². The van der Waals surface area contributed by atoms with Gasteiger partial charge in [-0.2, -0.15) is 0 Å². The highest BCUT2D eigenvalue weighted by atomic mass is 35.5. The molecule has 0 aliphatic heterocycles. The van der Waals surface area contributed by atoms with E-state index in [4.69, 9.17) is 15.6 Å². The van der Waals surface area contributed by atoms with Crippen molar-refractivity contribution in [2.75, 3.05) is 14.2 Å². The van der Waals surface area contributed by atoms with Crippen LogP contribution < -0.4 is 10.5 Å². The first-order chi connectivity index (χ1) is 8.35. The quantitative estimate of drug-likeness (QED) is 0.910. The Bertz CT molecular complexity index is 466. The van der Waals surface area contributed by atoms with Crippen molar-refractivity contribution in [1.82, 2.24) is 4.98 Å². The van der Waals surface area contributed by atoms with Crippen LogP contribution in [0.5, 0.6) is 5.75 Å². The Kier molecular flexibility index (Phi) is 11.9. The van der Waals surface area contributed by atoms with Crippen LogP contribution >= 0.6 is 36.2 Å². The van der Waals surface area contributed by atoms with Crippen LogP contribution in [-0.4, -0.2) is 24.3 Å². The number of thiazole rings is 1. The van der Waals surface area contributed by atoms with E-state index in [9.17, 15) is 0 Å². The average Bonchev–Trinajstić information content (AvgIpc) is 2.89. The minimum Gasteiger partial charge on any atom is -0.496 e. The Balaban J connectivity index is 0. The predicted octanol–water partition coefficient (Wildman–Crippen LogP) is 2.73. The average molecular weight is 325 g/mol. The lowest BCUT2D eigenvalue weighted by atomic mass is 10.1. The zero-order valence-electron chi connectivity index (χ0n) is 10.7. The van der Waals surface area contributed by atoms with Gasteiger partial charge < -0.3 is 15.6 Å². The summed E-state index contributed by atoms with van der Waals surface area (Å²) < 4.78 is 5.28. The van der Waals surface area contributed by atoms with E-state index in [0.29, 0.717) is 6.54 Å². The second kappa shape index (κ2) is 11.0. The molecule has 2 rings (SSSR count). The first kappa shape index (κ1) is 20.5. The van der Waals surface area contributed by atoms with Gasteiger partial charge in [0.05, 0.1) is 12.8 Å². The van der Waals surface area contributed by atoms with Gasteiger partial charge >= 0.3 is 0 Å². The summed E-state index contributed by atoms with van der Waals surface area (Å²) in [6, 6.07) is 7.84. The summed E-state index contributed by atoms with van der Waals surface area (Å²) in [6.07, 6.45) is 0. The van der Waals surface area contributed by atoms with E-state index >= 15 is 0 Å². The van der Waals surface area contributed by atoms with Gasteiger partial charge in [-0.05, 0) is 12.1 Å². The number of ether oxygens (including phenoxy) is 1. The van der Waals surface area contributed by atoms with Gasteiger partial charge in [0.2, 0.25) is 0 Å². The summed E-state index contributed by atoms with van der Waals surface area (Å²) in [6.45, 7) is 0.486. The lowest BCUT2D eigenvalue weighted by Crippen LogP contribution is -1.95. The first-order valence-corrected chi connectivity index (χ1v) is 5.95. The molecule has 0 saturated heterocycles. The SMILES string of the molecule is CO.COc1ccccc1-c1csc(CN)n1.Cl.Cl. The molecule has 0 fully saturated rings. The minimum atomic E-state index is 0. The van der Waals surface area contributed by atoms with Gasteiger partial charge in [-0.1, -0.05) is 12.1 Å². The Labute approximate surface area is 129 Å². The molecule has 7 heteroatoms. The number of nitrogens with zero attached hydrogens (tertiary/aromatic N) is 1. The van der Waals surface area contributed by atoms with Crippen molar-refractivity contribution in [1.29, 1.82) is 0 Å². The number of para-hydroxylation sites is 1. The highest BCUT2D eigenvalue weighted by Gasteiger charge is 2.08. The molecule has 3 N–H and O–H groups in total. The number of hydrogen-bond acceptors (Lipinski definition) is 5. The molecule has 2 aromatic rings. The highest BCUT2D eigenvalue weighted by Crippen LogP contribution is 2.30. The summed E-state index contributed by atoms with van der Waals surface area (Å²) in [5.74, 6) is 0.839. The van der Waals surface area contributed by atoms with Gasteiger partial charge in [-0.15, -0.1) is 36.2 Å². The molecule has 0 unspecified atom stereocenters. The van der Waals surface area contributed by atoms with Crippen molar-refractivity contribution < 1.29 is 9.84 Å². The van der Waals surface area contributed by atoms with Crippen LogP contribution in [0, 0.1) is 0 Å². The maximum atomic E-state index is 7.00.